The van der Waals surface area contributed by atoms with Crippen molar-refractivity contribution in [3.05, 3.63) is 70.3 Å². The van der Waals surface area contributed by atoms with Crippen LogP contribution in [-0.2, 0) is 44.7 Å². The van der Waals surface area contributed by atoms with E-state index in [1.54, 1.807) is 14.2 Å². The molecule has 0 spiro atoms. The van der Waals surface area contributed by atoms with Crippen molar-refractivity contribution in [1.29, 1.82) is 0 Å². The number of rotatable bonds is 18. The molecule has 0 amide bonds. The summed E-state index contributed by atoms with van der Waals surface area (Å²) in [5.74, 6) is 1.46. The molecule has 0 radical (unpaired) electrons. The molecule has 0 bridgehead atoms. The van der Waals surface area contributed by atoms with E-state index in [-0.39, 0.29) is 25.3 Å². The Balaban J connectivity index is 0.000000716. The fraction of sp³-hybridized carbons (Fsp3) is 0.600. The first kappa shape index (κ1) is 38.2. The summed E-state index contributed by atoms with van der Waals surface area (Å²) in [6.45, 7) is 10.2. The molecule has 2 aromatic carbocycles. The summed E-state index contributed by atoms with van der Waals surface area (Å²) >= 11 is 0.900. The molecule has 0 heterocycles. The second kappa shape index (κ2) is 25.0. The maximum absolute atomic E-state index is 11.6. The zero-order chi connectivity index (χ0) is 30.2. The predicted molar refractivity (Wildman–Crippen MR) is 150 cm³/mol. The molecule has 0 aliphatic carbocycles. The van der Waals surface area contributed by atoms with Gasteiger partial charge in [0.05, 0.1) is 26.4 Å². The fourth-order valence-corrected chi connectivity index (χ4v) is 3.09. The van der Waals surface area contributed by atoms with Gasteiger partial charge in [-0.1, -0.05) is 52.0 Å². The van der Waals surface area contributed by atoms with E-state index >= 15 is 0 Å². The summed E-state index contributed by atoms with van der Waals surface area (Å²) in [6.07, 6.45) is 0.175. The molecule has 0 saturated carbocycles. The number of benzene rings is 2. The van der Waals surface area contributed by atoms with Gasteiger partial charge in [-0.2, -0.15) is 13.1 Å². The van der Waals surface area contributed by atoms with Crippen molar-refractivity contribution < 1.29 is 51.5 Å². The molecule has 9 nitrogen and oxygen atoms in total. The van der Waals surface area contributed by atoms with Gasteiger partial charge >= 0.3 is 22.4 Å². The Kier molecular flexibility index (Phi) is 23.9. The van der Waals surface area contributed by atoms with Crippen molar-refractivity contribution in [2.24, 2.45) is 0 Å². The van der Waals surface area contributed by atoms with Crippen LogP contribution >= 0.6 is 0 Å². The van der Waals surface area contributed by atoms with E-state index in [9.17, 15) is 10.2 Å². The Labute approximate surface area is 251 Å². The van der Waals surface area contributed by atoms with Gasteiger partial charge in [-0.05, 0) is 48.2 Å². The van der Waals surface area contributed by atoms with Gasteiger partial charge in [0.2, 0.25) is 0 Å². The van der Waals surface area contributed by atoms with Gasteiger partial charge in [0.25, 0.3) is 0 Å². The Hall–Kier alpha value is -1.75. The first-order valence-electron chi connectivity index (χ1n) is 13.4. The molecule has 0 saturated heterocycles. The Morgan fingerprint density at radius 2 is 0.975 bits per heavy atom. The topological polar surface area (TPSA) is 128 Å². The Morgan fingerprint density at radius 1 is 0.650 bits per heavy atom. The van der Waals surface area contributed by atoms with Gasteiger partial charge in [0.1, 0.15) is 11.5 Å². The van der Waals surface area contributed by atoms with Gasteiger partial charge in [-0.3, -0.25) is 0 Å². The van der Waals surface area contributed by atoms with Gasteiger partial charge in [0.15, 0.2) is 0 Å². The zero-order valence-corrected chi connectivity index (χ0v) is 26.6. The van der Waals surface area contributed by atoms with Crippen LogP contribution in [0, 0.1) is 0 Å². The van der Waals surface area contributed by atoms with Crippen LogP contribution in [0.3, 0.4) is 0 Å². The molecular weight excluding hydrogens is 599 g/mol. The van der Waals surface area contributed by atoms with Crippen LogP contribution in [-0.4, -0.2) is 78.0 Å². The average molecular weight is 646 g/mol. The van der Waals surface area contributed by atoms with E-state index in [2.05, 4.69) is 10.6 Å². The molecule has 0 aliphatic rings. The monoisotopic (exact) mass is 645 g/mol. The number of methoxy groups -OCH3 is 2. The first-order valence-corrected chi connectivity index (χ1v) is 14.2. The van der Waals surface area contributed by atoms with Crippen LogP contribution in [0.15, 0.2) is 48.5 Å². The van der Waals surface area contributed by atoms with E-state index in [4.69, 9.17) is 22.5 Å². The fourth-order valence-electron chi connectivity index (χ4n) is 3.09. The van der Waals surface area contributed by atoms with Crippen molar-refractivity contribution in [1.82, 2.24) is 0 Å². The van der Waals surface area contributed by atoms with Crippen LogP contribution in [0.1, 0.15) is 38.8 Å². The third-order valence-electron chi connectivity index (χ3n) is 5.26. The number of hydrogen-bond donors (Lipinski definition) is 0. The Morgan fingerprint density at radius 3 is 1.25 bits per heavy atom. The summed E-state index contributed by atoms with van der Waals surface area (Å²) in [4.78, 5) is 0. The summed E-state index contributed by atoms with van der Waals surface area (Å²) < 4.78 is 29.2. The van der Waals surface area contributed by atoms with E-state index < -0.39 is 12.2 Å². The number of nitrogens with zero attached hydrogens (tertiary/aromatic N) is 2. The van der Waals surface area contributed by atoms with E-state index in [0.29, 0.717) is 26.3 Å². The first-order chi connectivity index (χ1) is 19.2. The normalized spacial score (nSPS) is 12.2. The third kappa shape index (κ3) is 21.1. The molecule has 2 atom stereocenters. The SMILES string of the molecule is COCCc1ccc(OCC([O-])C[N-]C(C)C)cc1.COCCc1ccc(OCC([O-])C[N-]C(C)C)cc1.[O]=[99Tc+4]. The summed E-state index contributed by atoms with van der Waals surface area (Å²) in [6, 6.07) is 15.9. The van der Waals surface area contributed by atoms with Crippen LogP contribution in [0.2, 0.25) is 0 Å². The van der Waals surface area contributed by atoms with Crippen LogP contribution in [0.25, 0.3) is 10.6 Å². The molecule has 0 aromatic heterocycles. The summed E-state index contributed by atoms with van der Waals surface area (Å²) in [5.41, 5.74) is 2.39. The summed E-state index contributed by atoms with van der Waals surface area (Å²) in [7, 11) is 3.38. The van der Waals surface area contributed by atoms with Crippen molar-refractivity contribution in [2.75, 3.05) is 53.7 Å². The van der Waals surface area contributed by atoms with Gasteiger partial charge < -0.3 is 39.8 Å². The molecule has 2 rings (SSSR count). The molecule has 2 aromatic rings. The maximum atomic E-state index is 11.6. The number of ether oxygens (including phenoxy) is 4. The minimum absolute atomic E-state index is 0.160. The van der Waals surface area contributed by atoms with Crippen LogP contribution in [0.4, 0.5) is 0 Å². The average Bonchev–Trinajstić information content (AvgIpc) is 2.97. The molecule has 0 N–H and O–H groups in total. The molecule has 10 heteroatoms. The predicted octanol–water partition coefficient (Wildman–Crippen LogP) is 3.41. The molecule has 40 heavy (non-hydrogen) atoms. The van der Waals surface area contributed by atoms with Crippen LogP contribution < -0.4 is 19.7 Å². The summed E-state index contributed by atoms with van der Waals surface area (Å²) in [5, 5.41) is 31.5. The Bertz CT molecular complexity index is 769. The number of hydrogen-bond acceptors (Lipinski definition) is 7. The minimum atomic E-state index is -0.796. The quantitative estimate of drug-likeness (QED) is 0.243. The third-order valence-corrected chi connectivity index (χ3v) is 5.26. The van der Waals surface area contributed by atoms with Crippen LogP contribution in [0.5, 0.6) is 11.5 Å². The van der Waals surface area contributed by atoms with Gasteiger partial charge in [-0.25, -0.2) is 0 Å². The second-order valence-electron chi connectivity index (χ2n) is 9.56. The standard InChI is InChI=1S/2C15H23NO3.O.Tc/c2*1-12(2)16-10-14(17)11-19-15-6-4-13(5-7-15)8-9-18-3;;/h2*4-7,12,14H,8-11H2,1-3H3;;/q2*-2;;+4/i;;;1+1. The van der Waals surface area contributed by atoms with Crippen molar-refractivity contribution in [2.45, 2.75) is 64.8 Å². The molecule has 225 valence electrons. The van der Waals surface area contributed by atoms with E-state index in [1.807, 2.05) is 76.2 Å². The molecule has 0 fully saturated rings. The van der Waals surface area contributed by atoms with Crippen molar-refractivity contribution >= 4 is 0 Å². The molecular formula is C30H46N2O7Tc. The van der Waals surface area contributed by atoms with E-state index in [0.717, 1.165) is 43.2 Å². The zero-order valence-electron chi connectivity index (χ0n) is 24.7. The van der Waals surface area contributed by atoms with E-state index in [1.165, 1.54) is 11.1 Å². The van der Waals surface area contributed by atoms with Crippen molar-refractivity contribution in [3.63, 3.8) is 0 Å². The molecule has 0 aliphatic heterocycles. The van der Waals surface area contributed by atoms with Gasteiger partial charge in [-0.15, -0.1) is 24.3 Å². The van der Waals surface area contributed by atoms with Gasteiger partial charge in [0, 0.05) is 14.2 Å². The second-order valence-corrected chi connectivity index (χ2v) is 9.56. The molecule has 2 unspecified atom stereocenters. The van der Waals surface area contributed by atoms with Crippen molar-refractivity contribution in [3.8, 4) is 11.5 Å².